The molecule has 2 rings (SSSR count). The zero-order valence-electron chi connectivity index (χ0n) is 18.4. The Morgan fingerprint density at radius 1 is 0.867 bits per heavy atom. The Kier molecular flexibility index (Phi) is 10.6. The topological polar surface area (TPSA) is 44.8 Å². The van der Waals surface area contributed by atoms with Crippen LogP contribution in [0.3, 0.4) is 0 Å². The molecule has 0 saturated heterocycles. The minimum absolute atomic E-state index is 0.391. The van der Waals surface area contributed by atoms with Crippen LogP contribution in [0.4, 0.5) is 0 Å². The molecule has 2 aromatic carbocycles. The van der Waals surface area contributed by atoms with Crippen LogP contribution in [-0.4, -0.2) is 19.2 Å². The van der Waals surface area contributed by atoms with Crippen LogP contribution in [-0.2, 0) is 0 Å². The fourth-order valence-corrected chi connectivity index (χ4v) is 2.65. The van der Waals surface area contributed by atoms with Crippen LogP contribution in [0.5, 0.6) is 17.2 Å². The van der Waals surface area contributed by atoms with E-state index >= 15 is 0 Å². The highest BCUT2D eigenvalue weighted by Crippen LogP contribution is 2.20. The second kappa shape index (κ2) is 13.5. The van der Waals surface area contributed by atoms with E-state index in [0.29, 0.717) is 30.4 Å². The summed E-state index contributed by atoms with van der Waals surface area (Å²) in [5.74, 6) is 2.15. The van der Waals surface area contributed by atoms with Crippen LogP contribution in [0.2, 0.25) is 0 Å². The molecule has 0 fully saturated rings. The summed E-state index contributed by atoms with van der Waals surface area (Å²) in [6, 6.07) is 14.2. The van der Waals surface area contributed by atoms with Crippen LogP contribution in [0.1, 0.15) is 63.2 Å². The Bertz CT molecular complexity index is 763. The van der Waals surface area contributed by atoms with Crippen LogP contribution < -0.4 is 14.2 Å². The third-order valence-corrected chi connectivity index (χ3v) is 4.79. The van der Waals surface area contributed by atoms with Gasteiger partial charge in [0, 0.05) is 0 Å². The summed E-state index contributed by atoms with van der Waals surface area (Å²) in [6.07, 6.45) is 9.80. The van der Waals surface area contributed by atoms with Crippen LogP contribution in [0.25, 0.3) is 0 Å². The molecule has 0 saturated carbocycles. The molecular formula is C26H34O4. The summed E-state index contributed by atoms with van der Waals surface area (Å²) < 4.78 is 16.9. The van der Waals surface area contributed by atoms with Gasteiger partial charge in [-0.2, -0.15) is 0 Å². The molecule has 0 aliphatic rings. The van der Waals surface area contributed by atoms with E-state index in [4.69, 9.17) is 14.2 Å². The fourth-order valence-electron chi connectivity index (χ4n) is 2.65. The third-order valence-electron chi connectivity index (χ3n) is 4.79. The predicted octanol–water partition coefficient (Wildman–Crippen LogP) is 6.85. The van der Waals surface area contributed by atoms with Crippen molar-refractivity contribution in [3.05, 3.63) is 66.2 Å². The summed E-state index contributed by atoms with van der Waals surface area (Å²) in [5.41, 5.74) is 0.489. The number of hydrogen-bond acceptors (Lipinski definition) is 4. The second-order valence-electron chi connectivity index (χ2n) is 7.43. The maximum Gasteiger partial charge on any atom is 0.343 e. The van der Waals surface area contributed by atoms with Gasteiger partial charge in [-0.15, -0.1) is 0 Å². The molecule has 0 aliphatic carbocycles. The van der Waals surface area contributed by atoms with E-state index in [0.717, 1.165) is 43.6 Å². The van der Waals surface area contributed by atoms with Gasteiger partial charge >= 0.3 is 5.97 Å². The number of unbranched alkanes of at least 4 members (excludes halogenated alkanes) is 2. The van der Waals surface area contributed by atoms with Gasteiger partial charge in [-0.3, -0.25) is 0 Å². The second-order valence-corrected chi connectivity index (χ2v) is 7.43. The SMILES string of the molecule is CC/C=C\CCCCOc1ccc(OC(=O)c2ccc(OC[C@@H](C)CC)cc2)cc1. The molecule has 0 aliphatic heterocycles. The van der Waals surface area contributed by atoms with Gasteiger partial charge in [0.25, 0.3) is 0 Å². The number of benzene rings is 2. The van der Waals surface area contributed by atoms with Crippen molar-refractivity contribution in [2.45, 2.75) is 52.9 Å². The highest BCUT2D eigenvalue weighted by atomic mass is 16.5. The quantitative estimate of drug-likeness (QED) is 0.157. The Morgan fingerprint density at radius 2 is 1.50 bits per heavy atom. The predicted molar refractivity (Wildman–Crippen MR) is 122 cm³/mol. The molecule has 30 heavy (non-hydrogen) atoms. The Hall–Kier alpha value is -2.75. The summed E-state index contributed by atoms with van der Waals surface area (Å²) in [5, 5.41) is 0. The van der Waals surface area contributed by atoms with Gasteiger partial charge in [0.2, 0.25) is 0 Å². The zero-order valence-corrected chi connectivity index (χ0v) is 18.4. The number of rotatable bonds is 13. The number of allylic oxidation sites excluding steroid dienone is 2. The van der Waals surface area contributed by atoms with Crippen molar-refractivity contribution in [1.29, 1.82) is 0 Å². The third kappa shape index (κ3) is 8.73. The highest BCUT2D eigenvalue weighted by molar-refractivity contribution is 5.91. The number of carbonyl (C=O) groups excluding carboxylic acids is 1. The van der Waals surface area contributed by atoms with Gasteiger partial charge in [-0.05, 0) is 80.1 Å². The van der Waals surface area contributed by atoms with Crippen molar-refractivity contribution in [2.75, 3.05) is 13.2 Å². The highest BCUT2D eigenvalue weighted by Gasteiger charge is 2.09. The fraction of sp³-hybridized carbons (Fsp3) is 0.423. The molecule has 0 aromatic heterocycles. The maximum atomic E-state index is 12.3. The van der Waals surface area contributed by atoms with Gasteiger partial charge in [0.15, 0.2) is 0 Å². The van der Waals surface area contributed by atoms with Crippen molar-refractivity contribution in [1.82, 2.24) is 0 Å². The van der Waals surface area contributed by atoms with Crippen molar-refractivity contribution >= 4 is 5.97 Å². The molecule has 0 bridgehead atoms. The van der Waals surface area contributed by atoms with Crippen molar-refractivity contribution in [3.63, 3.8) is 0 Å². The van der Waals surface area contributed by atoms with Crippen molar-refractivity contribution in [2.24, 2.45) is 5.92 Å². The molecule has 2 aromatic rings. The van der Waals surface area contributed by atoms with Gasteiger partial charge < -0.3 is 14.2 Å². The number of esters is 1. The normalized spacial score (nSPS) is 12.0. The lowest BCUT2D eigenvalue weighted by Crippen LogP contribution is -2.09. The average molecular weight is 411 g/mol. The van der Waals surface area contributed by atoms with E-state index in [-0.39, 0.29) is 0 Å². The number of hydrogen-bond donors (Lipinski definition) is 0. The minimum atomic E-state index is -0.391. The lowest BCUT2D eigenvalue weighted by atomic mass is 10.1. The molecule has 0 N–H and O–H groups in total. The molecule has 0 amide bonds. The number of ether oxygens (including phenoxy) is 3. The van der Waals surface area contributed by atoms with Crippen LogP contribution in [0.15, 0.2) is 60.7 Å². The Balaban J connectivity index is 1.75. The summed E-state index contributed by atoms with van der Waals surface area (Å²) >= 11 is 0. The van der Waals surface area contributed by atoms with E-state index < -0.39 is 5.97 Å². The molecule has 0 heterocycles. The first-order valence-electron chi connectivity index (χ1n) is 10.9. The largest absolute Gasteiger partial charge is 0.494 e. The first-order chi connectivity index (χ1) is 14.6. The van der Waals surface area contributed by atoms with E-state index in [1.54, 1.807) is 36.4 Å². The number of carbonyl (C=O) groups is 1. The van der Waals surface area contributed by atoms with Gasteiger partial charge in [-0.25, -0.2) is 4.79 Å². The lowest BCUT2D eigenvalue weighted by molar-refractivity contribution is 0.0734. The summed E-state index contributed by atoms with van der Waals surface area (Å²) in [7, 11) is 0. The lowest BCUT2D eigenvalue weighted by Gasteiger charge is -2.11. The molecule has 4 nitrogen and oxygen atoms in total. The molecular weight excluding hydrogens is 376 g/mol. The Labute approximate surface area is 180 Å². The van der Waals surface area contributed by atoms with Crippen molar-refractivity contribution in [3.8, 4) is 17.2 Å². The zero-order chi connectivity index (χ0) is 21.6. The molecule has 4 heteroatoms. The van der Waals surface area contributed by atoms with E-state index in [2.05, 4.69) is 32.9 Å². The minimum Gasteiger partial charge on any atom is -0.494 e. The van der Waals surface area contributed by atoms with Gasteiger partial charge in [0.05, 0.1) is 18.8 Å². The monoisotopic (exact) mass is 410 g/mol. The van der Waals surface area contributed by atoms with E-state index in [1.807, 2.05) is 12.1 Å². The van der Waals surface area contributed by atoms with E-state index in [1.165, 1.54) is 0 Å². The average Bonchev–Trinajstić information content (AvgIpc) is 2.78. The van der Waals surface area contributed by atoms with Crippen LogP contribution >= 0.6 is 0 Å². The Morgan fingerprint density at radius 3 is 2.17 bits per heavy atom. The van der Waals surface area contributed by atoms with Crippen molar-refractivity contribution < 1.29 is 19.0 Å². The van der Waals surface area contributed by atoms with Gasteiger partial charge in [0.1, 0.15) is 17.2 Å². The smallest absolute Gasteiger partial charge is 0.343 e. The standard InChI is InChI=1S/C26H34O4/c1-4-6-7-8-9-10-19-28-23-15-17-25(18-16-23)30-26(27)22-11-13-24(14-12-22)29-20-21(3)5-2/h6-7,11-18,21H,4-5,8-10,19-20H2,1-3H3/b7-6-/t21-/m0/s1. The summed E-state index contributed by atoms with van der Waals surface area (Å²) in [6.45, 7) is 7.78. The summed E-state index contributed by atoms with van der Waals surface area (Å²) in [4.78, 5) is 12.3. The first kappa shape index (κ1) is 23.5. The van der Waals surface area contributed by atoms with Crippen LogP contribution in [0, 0.1) is 5.92 Å². The molecule has 0 spiro atoms. The molecule has 0 radical (unpaired) electrons. The maximum absolute atomic E-state index is 12.3. The van der Waals surface area contributed by atoms with E-state index in [9.17, 15) is 4.79 Å². The molecule has 1 atom stereocenters. The molecule has 162 valence electrons. The molecule has 0 unspecified atom stereocenters. The first-order valence-corrected chi connectivity index (χ1v) is 10.9. The van der Waals surface area contributed by atoms with Gasteiger partial charge in [-0.1, -0.05) is 39.3 Å².